The van der Waals surface area contributed by atoms with E-state index in [1.807, 2.05) is 42.5 Å². The molecule has 0 aliphatic rings. The van der Waals surface area contributed by atoms with E-state index in [1.54, 1.807) is 31.4 Å². The van der Waals surface area contributed by atoms with Crippen LogP contribution in [0.5, 0.6) is 5.75 Å². The second-order valence-corrected chi connectivity index (χ2v) is 5.29. The molecule has 1 aromatic heterocycles. The van der Waals surface area contributed by atoms with Crippen LogP contribution in [0.4, 0.5) is 11.6 Å². The molecule has 6 nitrogen and oxygen atoms in total. The number of methoxy groups -OCH3 is 1. The van der Waals surface area contributed by atoms with Crippen molar-refractivity contribution in [1.82, 2.24) is 10.2 Å². The number of ether oxygens (including phenoxy) is 1. The fourth-order valence-corrected chi connectivity index (χ4v) is 2.31. The van der Waals surface area contributed by atoms with Gasteiger partial charge >= 0.3 is 0 Å². The fourth-order valence-electron chi connectivity index (χ4n) is 2.31. The topological polar surface area (TPSA) is 76.1 Å². The molecule has 2 N–H and O–H groups in total. The molecule has 126 valence electrons. The Kier molecular flexibility index (Phi) is 5.21. The van der Waals surface area contributed by atoms with Crippen LogP contribution < -0.4 is 15.4 Å². The molecule has 3 rings (SSSR count). The number of aromatic nitrogens is 2. The van der Waals surface area contributed by atoms with E-state index >= 15 is 0 Å². The highest BCUT2D eigenvalue weighted by Crippen LogP contribution is 2.18. The van der Waals surface area contributed by atoms with Gasteiger partial charge in [-0.15, -0.1) is 10.2 Å². The minimum atomic E-state index is -0.218. The predicted molar refractivity (Wildman–Crippen MR) is 96.7 cm³/mol. The monoisotopic (exact) mass is 334 g/mol. The number of nitrogens with zero attached hydrogens (tertiary/aromatic N) is 2. The summed E-state index contributed by atoms with van der Waals surface area (Å²) in [7, 11) is 1.64. The van der Waals surface area contributed by atoms with E-state index < -0.39 is 0 Å². The van der Waals surface area contributed by atoms with E-state index in [9.17, 15) is 4.79 Å². The summed E-state index contributed by atoms with van der Waals surface area (Å²) >= 11 is 0. The van der Waals surface area contributed by atoms with Crippen molar-refractivity contribution >= 4 is 17.5 Å². The van der Waals surface area contributed by atoms with Crippen LogP contribution in [0.2, 0.25) is 0 Å². The first-order valence-electron chi connectivity index (χ1n) is 7.82. The minimum absolute atomic E-state index is 0.218. The Bertz CT molecular complexity index is 836. The maximum absolute atomic E-state index is 12.1. The lowest BCUT2D eigenvalue weighted by molar-refractivity contribution is 0.102. The maximum Gasteiger partial charge on any atom is 0.256 e. The molecule has 1 amide bonds. The van der Waals surface area contributed by atoms with E-state index in [0.717, 1.165) is 11.3 Å². The number of rotatable bonds is 6. The van der Waals surface area contributed by atoms with Gasteiger partial charge in [-0.1, -0.05) is 36.4 Å². The van der Waals surface area contributed by atoms with Crippen LogP contribution in [0, 0.1) is 0 Å². The summed E-state index contributed by atoms with van der Waals surface area (Å²) in [4.78, 5) is 12.1. The Balaban J connectivity index is 1.60. The molecule has 0 aliphatic heterocycles. The molecule has 0 saturated heterocycles. The lowest BCUT2D eigenvalue weighted by atomic mass is 10.2. The summed E-state index contributed by atoms with van der Waals surface area (Å²) in [5, 5.41) is 14.0. The average Bonchev–Trinajstić information content (AvgIpc) is 2.68. The van der Waals surface area contributed by atoms with Crippen LogP contribution in [0.15, 0.2) is 66.7 Å². The summed E-state index contributed by atoms with van der Waals surface area (Å²) in [6, 6.07) is 20.2. The van der Waals surface area contributed by atoms with Crippen molar-refractivity contribution < 1.29 is 9.53 Å². The van der Waals surface area contributed by atoms with Gasteiger partial charge in [0.05, 0.1) is 7.11 Å². The van der Waals surface area contributed by atoms with Crippen molar-refractivity contribution in [2.45, 2.75) is 6.54 Å². The predicted octanol–water partition coefficient (Wildman–Crippen LogP) is 3.35. The summed E-state index contributed by atoms with van der Waals surface area (Å²) in [5.41, 5.74) is 1.59. The smallest absolute Gasteiger partial charge is 0.256 e. The van der Waals surface area contributed by atoms with Gasteiger partial charge in [-0.2, -0.15) is 0 Å². The van der Waals surface area contributed by atoms with E-state index in [1.165, 1.54) is 0 Å². The first-order chi connectivity index (χ1) is 12.3. The zero-order valence-electron chi connectivity index (χ0n) is 13.8. The number of para-hydroxylation sites is 1. The van der Waals surface area contributed by atoms with Crippen molar-refractivity contribution in [2.24, 2.45) is 0 Å². The molecule has 0 aliphatic carbocycles. The van der Waals surface area contributed by atoms with E-state index in [0.29, 0.717) is 23.7 Å². The molecular formula is C19H18N4O2. The Morgan fingerprint density at radius 3 is 2.32 bits per heavy atom. The summed E-state index contributed by atoms with van der Waals surface area (Å²) < 4.78 is 5.32. The van der Waals surface area contributed by atoms with Crippen LogP contribution in [0.25, 0.3) is 0 Å². The van der Waals surface area contributed by atoms with Gasteiger partial charge in [0.2, 0.25) is 0 Å². The van der Waals surface area contributed by atoms with E-state index in [-0.39, 0.29) is 5.91 Å². The third-order valence-electron chi connectivity index (χ3n) is 3.59. The van der Waals surface area contributed by atoms with Gasteiger partial charge in [-0.3, -0.25) is 4.79 Å². The number of hydrogen-bond acceptors (Lipinski definition) is 5. The Hall–Kier alpha value is -3.41. The quantitative estimate of drug-likeness (QED) is 0.723. The molecule has 0 atom stereocenters. The molecule has 2 aromatic carbocycles. The van der Waals surface area contributed by atoms with Crippen molar-refractivity contribution in [3.05, 3.63) is 77.9 Å². The summed E-state index contributed by atoms with van der Waals surface area (Å²) in [6.07, 6.45) is 0. The number of benzene rings is 2. The zero-order chi connectivity index (χ0) is 17.5. The molecule has 3 aromatic rings. The number of carbonyl (C=O) groups is 1. The Morgan fingerprint density at radius 1 is 0.920 bits per heavy atom. The van der Waals surface area contributed by atoms with Crippen molar-refractivity contribution in [2.75, 3.05) is 17.7 Å². The largest absolute Gasteiger partial charge is 0.496 e. The highest BCUT2D eigenvalue weighted by molar-refractivity contribution is 6.03. The molecule has 0 saturated carbocycles. The summed E-state index contributed by atoms with van der Waals surface area (Å²) in [6.45, 7) is 0.564. The molecule has 6 heteroatoms. The Morgan fingerprint density at radius 2 is 1.60 bits per heavy atom. The molecule has 0 spiro atoms. The van der Waals surface area contributed by atoms with Crippen molar-refractivity contribution in [3.63, 3.8) is 0 Å². The van der Waals surface area contributed by atoms with Crippen LogP contribution in [0.1, 0.15) is 15.9 Å². The maximum atomic E-state index is 12.1. The zero-order valence-corrected chi connectivity index (χ0v) is 13.8. The lowest BCUT2D eigenvalue weighted by Gasteiger charge is -2.10. The highest BCUT2D eigenvalue weighted by Gasteiger charge is 2.07. The molecule has 0 fully saturated rings. The second kappa shape index (κ2) is 7.92. The number of nitrogens with one attached hydrogen (secondary N) is 2. The van der Waals surface area contributed by atoms with Crippen LogP contribution in [0.3, 0.4) is 0 Å². The molecule has 0 radical (unpaired) electrons. The molecule has 25 heavy (non-hydrogen) atoms. The minimum Gasteiger partial charge on any atom is -0.496 e. The van der Waals surface area contributed by atoms with Gasteiger partial charge < -0.3 is 15.4 Å². The molecule has 1 heterocycles. The Labute approximate surface area is 145 Å². The van der Waals surface area contributed by atoms with Gasteiger partial charge in [-0.05, 0) is 30.3 Å². The molecular weight excluding hydrogens is 316 g/mol. The number of anilines is 2. The van der Waals surface area contributed by atoms with Gasteiger partial charge in [0, 0.05) is 17.7 Å². The highest BCUT2D eigenvalue weighted by atomic mass is 16.5. The lowest BCUT2D eigenvalue weighted by Crippen LogP contribution is -2.13. The number of hydrogen-bond donors (Lipinski definition) is 2. The van der Waals surface area contributed by atoms with Gasteiger partial charge in [0.25, 0.3) is 5.91 Å². The van der Waals surface area contributed by atoms with Crippen LogP contribution >= 0.6 is 0 Å². The van der Waals surface area contributed by atoms with Gasteiger partial charge in [0.15, 0.2) is 5.82 Å². The third-order valence-corrected chi connectivity index (χ3v) is 3.59. The molecule has 0 unspecified atom stereocenters. The number of amides is 1. The second-order valence-electron chi connectivity index (χ2n) is 5.29. The molecule has 0 bridgehead atoms. The third kappa shape index (κ3) is 4.32. The standard InChI is InChI=1S/C19H18N4O2/c1-25-16-10-6-5-9-15(16)13-20-17-11-12-18(23-22-17)21-19(24)14-7-3-2-4-8-14/h2-12H,13H2,1H3,(H,20,22)(H,21,23,24). The van der Waals surface area contributed by atoms with E-state index in [4.69, 9.17) is 4.74 Å². The normalized spacial score (nSPS) is 10.1. The first-order valence-corrected chi connectivity index (χ1v) is 7.82. The van der Waals surface area contributed by atoms with Crippen LogP contribution in [-0.4, -0.2) is 23.2 Å². The average molecular weight is 334 g/mol. The van der Waals surface area contributed by atoms with Gasteiger partial charge in [-0.25, -0.2) is 0 Å². The number of carbonyl (C=O) groups excluding carboxylic acids is 1. The van der Waals surface area contributed by atoms with Crippen molar-refractivity contribution in [3.8, 4) is 5.75 Å². The van der Waals surface area contributed by atoms with Crippen molar-refractivity contribution in [1.29, 1.82) is 0 Å². The van der Waals surface area contributed by atoms with Crippen LogP contribution in [-0.2, 0) is 6.54 Å². The SMILES string of the molecule is COc1ccccc1CNc1ccc(NC(=O)c2ccccc2)nn1. The summed E-state index contributed by atoms with van der Waals surface area (Å²) in [5.74, 6) is 1.61. The van der Waals surface area contributed by atoms with E-state index in [2.05, 4.69) is 20.8 Å². The van der Waals surface area contributed by atoms with Gasteiger partial charge in [0.1, 0.15) is 11.6 Å². The fraction of sp³-hybridized carbons (Fsp3) is 0.105. The first kappa shape index (κ1) is 16.4.